The summed E-state index contributed by atoms with van der Waals surface area (Å²) < 4.78 is 5.22. The molecule has 1 aliphatic heterocycles. The van der Waals surface area contributed by atoms with Crippen molar-refractivity contribution >= 4 is 34.9 Å². The molecule has 1 aliphatic rings. The molecule has 0 spiro atoms. The highest BCUT2D eigenvalue weighted by Crippen LogP contribution is 2.27. The lowest BCUT2D eigenvalue weighted by Gasteiger charge is -2.16. The molecule has 31 heavy (non-hydrogen) atoms. The van der Waals surface area contributed by atoms with Gasteiger partial charge in [0.05, 0.1) is 5.92 Å². The first-order chi connectivity index (χ1) is 15.0. The van der Waals surface area contributed by atoms with Crippen LogP contribution in [-0.4, -0.2) is 30.8 Å². The van der Waals surface area contributed by atoms with E-state index in [4.69, 9.17) is 16.3 Å². The Labute approximate surface area is 185 Å². The van der Waals surface area contributed by atoms with Crippen molar-refractivity contribution in [3.63, 3.8) is 0 Å². The number of hydrogen-bond acceptors (Lipinski definition) is 4. The molecule has 0 saturated carbocycles. The summed E-state index contributed by atoms with van der Waals surface area (Å²) in [6.07, 6.45) is 0.0570. The lowest BCUT2D eigenvalue weighted by Crippen LogP contribution is -2.27. The third-order valence-electron chi connectivity index (χ3n) is 5.26. The summed E-state index contributed by atoms with van der Waals surface area (Å²) >= 11 is 5.89. The second-order valence-corrected chi connectivity index (χ2v) is 7.79. The van der Waals surface area contributed by atoms with E-state index in [2.05, 4.69) is 0 Å². The fourth-order valence-electron chi connectivity index (χ4n) is 3.55. The number of ketones is 1. The topological polar surface area (TPSA) is 63.7 Å². The maximum atomic E-state index is 12.4. The van der Waals surface area contributed by atoms with E-state index in [1.54, 1.807) is 36.4 Å². The first-order valence-electron chi connectivity index (χ1n) is 9.92. The third kappa shape index (κ3) is 4.84. The van der Waals surface area contributed by atoms with Crippen LogP contribution in [-0.2, 0) is 14.3 Å². The van der Waals surface area contributed by atoms with Crippen LogP contribution in [0.15, 0.2) is 78.9 Å². The molecule has 0 bridgehead atoms. The van der Waals surface area contributed by atoms with Crippen molar-refractivity contribution in [3.05, 3.63) is 89.4 Å². The summed E-state index contributed by atoms with van der Waals surface area (Å²) in [5.74, 6) is -1.59. The minimum absolute atomic E-state index is 0.0570. The average Bonchev–Trinajstić information content (AvgIpc) is 3.20. The summed E-state index contributed by atoms with van der Waals surface area (Å²) in [7, 11) is 0. The fourth-order valence-corrected chi connectivity index (χ4v) is 3.68. The van der Waals surface area contributed by atoms with Crippen LogP contribution >= 0.6 is 11.6 Å². The van der Waals surface area contributed by atoms with E-state index >= 15 is 0 Å². The molecule has 0 aliphatic carbocycles. The van der Waals surface area contributed by atoms with E-state index in [0.717, 1.165) is 11.1 Å². The number of benzene rings is 3. The molecule has 4 rings (SSSR count). The number of carbonyl (C=O) groups excluding carboxylic acids is 3. The number of amides is 1. The van der Waals surface area contributed by atoms with Crippen LogP contribution in [0.25, 0.3) is 11.1 Å². The van der Waals surface area contributed by atoms with E-state index in [0.29, 0.717) is 16.3 Å². The molecule has 156 valence electrons. The summed E-state index contributed by atoms with van der Waals surface area (Å²) in [5.41, 5.74) is 3.21. The van der Waals surface area contributed by atoms with Crippen LogP contribution in [0.2, 0.25) is 5.02 Å². The van der Waals surface area contributed by atoms with Gasteiger partial charge in [-0.25, -0.2) is 0 Å². The molecule has 0 aromatic heterocycles. The quantitative estimate of drug-likeness (QED) is 0.414. The molecular formula is C25H20ClNO4. The number of ether oxygens (including phenoxy) is 1. The molecule has 3 aromatic rings. The van der Waals surface area contributed by atoms with Crippen LogP contribution < -0.4 is 4.90 Å². The van der Waals surface area contributed by atoms with E-state index in [-0.39, 0.29) is 31.3 Å². The number of halogens is 1. The van der Waals surface area contributed by atoms with Crippen LogP contribution in [0.4, 0.5) is 5.69 Å². The van der Waals surface area contributed by atoms with Gasteiger partial charge in [0.1, 0.15) is 0 Å². The number of carbonyl (C=O) groups is 3. The highest BCUT2D eigenvalue weighted by Gasteiger charge is 2.36. The average molecular weight is 434 g/mol. The molecule has 0 unspecified atom stereocenters. The molecule has 0 N–H and O–H groups in total. The Kier molecular flexibility index (Phi) is 6.14. The minimum atomic E-state index is -0.601. The summed E-state index contributed by atoms with van der Waals surface area (Å²) in [4.78, 5) is 38.7. The number of hydrogen-bond donors (Lipinski definition) is 0. The zero-order chi connectivity index (χ0) is 21.8. The van der Waals surface area contributed by atoms with Crippen molar-refractivity contribution in [1.29, 1.82) is 0 Å². The maximum Gasteiger partial charge on any atom is 0.311 e. The Bertz CT molecular complexity index is 1090. The molecule has 1 saturated heterocycles. The smallest absolute Gasteiger partial charge is 0.311 e. The van der Waals surface area contributed by atoms with E-state index < -0.39 is 11.9 Å². The second kappa shape index (κ2) is 9.14. The standard InChI is InChI=1S/C25H20ClNO4/c26-21-10-12-22(13-11-21)27-15-20(14-24(27)29)25(30)31-16-23(28)19-8-6-18(7-9-19)17-4-2-1-3-5-17/h1-13,20H,14-16H2/t20-/m0/s1. The van der Waals surface area contributed by atoms with Crippen LogP contribution in [0.5, 0.6) is 0 Å². The van der Waals surface area contributed by atoms with Gasteiger partial charge in [-0.2, -0.15) is 0 Å². The first kappa shape index (κ1) is 20.8. The van der Waals surface area contributed by atoms with Gasteiger partial charge < -0.3 is 9.64 Å². The van der Waals surface area contributed by atoms with Crippen LogP contribution in [0, 0.1) is 5.92 Å². The molecule has 6 heteroatoms. The van der Waals surface area contributed by atoms with Gasteiger partial charge in [0.2, 0.25) is 5.91 Å². The van der Waals surface area contributed by atoms with Crippen LogP contribution in [0.1, 0.15) is 16.8 Å². The van der Waals surface area contributed by atoms with Crippen molar-refractivity contribution in [2.24, 2.45) is 5.92 Å². The molecule has 1 amide bonds. The van der Waals surface area contributed by atoms with E-state index in [9.17, 15) is 14.4 Å². The predicted molar refractivity (Wildman–Crippen MR) is 119 cm³/mol. The fraction of sp³-hybridized carbons (Fsp3) is 0.160. The zero-order valence-corrected chi connectivity index (χ0v) is 17.4. The Hall–Kier alpha value is -3.44. The van der Waals surface area contributed by atoms with Crippen molar-refractivity contribution in [1.82, 2.24) is 0 Å². The van der Waals surface area contributed by atoms with Gasteiger partial charge >= 0.3 is 5.97 Å². The van der Waals surface area contributed by atoms with Gasteiger partial charge in [-0.05, 0) is 35.4 Å². The number of rotatable bonds is 6. The molecule has 5 nitrogen and oxygen atoms in total. The Morgan fingerprint density at radius 3 is 2.23 bits per heavy atom. The normalized spacial score (nSPS) is 15.7. The lowest BCUT2D eigenvalue weighted by molar-refractivity contribution is -0.147. The van der Waals surface area contributed by atoms with Gasteiger partial charge in [0.15, 0.2) is 12.4 Å². The van der Waals surface area contributed by atoms with E-state index in [1.807, 2.05) is 42.5 Å². The molecule has 1 atom stereocenters. The van der Waals surface area contributed by atoms with Crippen molar-refractivity contribution in [3.8, 4) is 11.1 Å². The van der Waals surface area contributed by atoms with Crippen molar-refractivity contribution in [2.75, 3.05) is 18.1 Å². The largest absolute Gasteiger partial charge is 0.457 e. The number of esters is 1. The van der Waals surface area contributed by atoms with Gasteiger partial charge in [0, 0.05) is 29.2 Å². The second-order valence-electron chi connectivity index (χ2n) is 7.36. The Morgan fingerprint density at radius 1 is 0.903 bits per heavy atom. The first-order valence-corrected chi connectivity index (χ1v) is 10.3. The summed E-state index contributed by atoms with van der Waals surface area (Å²) in [5, 5.41) is 0.571. The number of anilines is 1. The van der Waals surface area contributed by atoms with E-state index in [1.165, 1.54) is 4.90 Å². The van der Waals surface area contributed by atoms with Crippen molar-refractivity contribution in [2.45, 2.75) is 6.42 Å². The SMILES string of the molecule is O=C(COC(=O)[C@H]1CC(=O)N(c2ccc(Cl)cc2)C1)c1ccc(-c2ccccc2)cc1. The van der Waals surface area contributed by atoms with Gasteiger partial charge in [0.25, 0.3) is 0 Å². The highest BCUT2D eigenvalue weighted by molar-refractivity contribution is 6.30. The van der Waals surface area contributed by atoms with Crippen molar-refractivity contribution < 1.29 is 19.1 Å². The Balaban J connectivity index is 1.33. The monoisotopic (exact) mass is 433 g/mol. The molecule has 3 aromatic carbocycles. The summed E-state index contributed by atoms with van der Waals surface area (Å²) in [6.45, 7) is -0.131. The predicted octanol–water partition coefficient (Wildman–Crippen LogP) is 4.79. The Morgan fingerprint density at radius 2 is 1.55 bits per heavy atom. The molecule has 1 fully saturated rings. The lowest BCUT2D eigenvalue weighted by atomic mass is 10.0. The minimum Gasteiger partial charge on any atom is -0.457 e. The number of nitrogens with zero attached hydrogens (tertiary/aromatic N) is 1. The summed E-state index contributed by atoms with van der Waals surface area (Å²) in [6, 6.07) is 23.9. The van der Waals surface area contributed by atoms with Crippen LogP contribution in [0.3, 0.4) is 0 Å². The maximum absolute atomic E-state index is 12.4. The molecule has 1 heterocycles. The highest BCUT2D eigenvalue weighted by atomic mass is 35.5. The zero-order valence-electron chi connectivity index (χ0n) is 16.7. The number of Topliss-reactive ketones (excluding diaryl/α,β-unsaturated/α-hetero) is 1. The van der Waals surface area contributed by atoms with Gasteiger partial charge in [-0.3, -0.25) is 14.4 Å². The van der Waals surface area contributed by atoms with Gasteiger partial charge in [-0.15, -0.1) is 0 Å². The molecule has 0 radical (unpaired) electrons. The molecular weight excluding hydrogens is 414 g/mol. The van der Waals surface area contributed by atoms with Gasteiger partial charge in [-0.1, -0.05) is 66.2 Å². The third-order valence-corrected chi connectivity index (χ3v) is 5.51.